The largest absolute Gasteiger partial charge is 0.344 e. The van der Waals surface area contributed by atoms with Gasteiger partial charge in [-0.25, -0.2) is 4.90 Å². The minimum absolute atomic E-state index is 0.113. The van der Waals surface area contributed by atoms with E-state index in [0.717, 1.165) is 10.7 Å². The summed E-state index contributed by atoms with van der Waals surface area (Å²) < 4.78 is 0.667. The van der Waals surface area contributed by atoms with E-state index in [0.29, 0.717) is 21.6 Å². The van der Waals surface area contributed by atoms with Crippen LogP contribution in [0, 0.1) is 0 Å². The molecule has 0 N–H and O–H groups in total. The number of anilines is 1. The maximum absolute atomic E-state index is 12.6. The quantitative estimate of drug-likeness (QED) is 0.598. The summed E-state index contributed by atoms with van der Waals surface area (Å²) in [6, 6.07) is 4.36. The summed E-state index contributed by atoms with van der Waals surface area (Å²) in [7, 11) is 0. The zero-order valence-corrected chi connectivity index (χ0v) is 13.9. The van der Waals surface area contributed by atoms with Crippen LogP contribution < -0.4 is 4.90 Å². The van der Waals surface area contributed by atoms with Gasteiger partial charge >= 0.3 is 0 Å². The standard InChI is InChI=1S/C13H10Cl2N2O2S2/c14-7-2-1-3-8(11(7)15)17-10(18)6-9(12(17)19)16-4-5-21-13(16)20/h1-3,9H,4-6H2/t9-/m0/s1. The van der Waals surface area contributed by atoms with Crippen LogP contribution in [0.3, 0.4) is 0 Å². The first-order valence-electron chi connectivity index (χ1n) is 6.25. The molecule has 3 rings (SSSR count). The zero-order chi connectivity index (χ0) is 15.1. The number of carbonyl (C=O) groups excluding carboxylic acids is 2. The summed E-state index contributed by atoms with van der Waals surface area (Å²) in [6.45, 7) is 0.685. The molecule has 0 radical (unpaired) electrons. The van der Waals surface area contributed by atoms with E-state index >= 15 is 0 Å². The molecule has 0 unspecified atom stereocenters. The monoisotopic (exact) mass is 360 g/mol. The Hall–Kier alpha value is -0.820. The molecule has 2 fully saturated rings. The lowest BCUT2D eigenvalue weighted by atomic mass is 10.2. The Balaban J connectivity index is 1.94. The smallest absolute Gasteiger partial charge is 0.257 e. The van der Waals surface area contributed by atoms with Gasteiger partial charge in [-0.1, -0.05) is 53.2 Å². The number of hydrogen-bond acceptors (Lipinski definition) is 4. The van der Waals surface area contributed by atoms with E-state index in [2.05, 4.69) is 0 Å². The lowest BCUT2D eigenvalue weighted by Crippen LogP contribution is -2.42. The van der Waals surface area contributed by atoms with Gasteiger partial charge in [0.2, 0.25) is 5.91 Å². The number of thiocarbonyl (C=S) groups is 1. The van der Waals surface area contributed by atoms with Crippen LogP contribution in [0.15, 0.2) is 18.2 Å². The Morgan fingerprint density at radius 1 is 1.29 bits per heavy atom. The van der Waals surface area contributed by atoms with Crippen molar-refractivity contribution in [1.82, 2.24) is 4.90 Å². The highest BCUT2D eigenvalue weighted by Crippen LogP contribution is 2.36. The molecule has 1 atom stereocenters. The van der Waals surface area contributed by atoms with Crippen molar-refractivity contribution in [3.05, 3.63) is 28.2 Å². The number of halogens is 2. The number of imide groups is 1. The van der Waals surface area contributed by atoms with Gasteiger partial charge in [0.25, 0.3) is 5.91 Å². The predicted octanol–water partition coefficient (Wildman–Crippen LogP) is 2.96. The number of nitrogens with zero attached hydrogens (tertiary/aromatic N) is 2. The van der Waals surface area contributed by atoms with E-state index in [4.69, 9.17) is 35.4 Å². The van der Waals surface area contributed by atoms with Crippen molar-refractivity contribution >= 4 is 69.0 Å². The number of thioether (sulfide) groups is 1. The number of rotatable bonds is 2. The number of carbonyl (C=O) groups is 2. The molecule has 0 aliphatic carbocycles. The van der Waals surface area contributed by atoms with Crippen molar-refractivity contribution in [3.63, 3.8) is 0 Å². The Bertz CT molecular complexity index is 653. The van der Waals surface area contributed by atoms with Crippen LogP contribution in [0.25, 0.3) is 0 Å². The summed E-state index contributed by atoms with van der Waals surface area (Å²) in [5, 5.41) is 0.519. The average molecular weight is 361 g/mol. The fourth-order valence-corrected chi connectivity index (χ4v) is 4.16. The van der Waals surface area contributed by atoms with E-state index < -0.39 is 6.04 Å². The van der Waals surface area contributed by atoms with Gasteiger partial charge in [0.05, 0.1) is 22.2 Å². The van der Waals surface area contributed by atoms with Crippen LogP contribution in [0.1, 0.15) is 6.42 Å². The highest BCUT2D eigenvalue weighted by molar-refractivity contribution is 8.23. The summed E-state index contributed by atoms with van der Waals surface area (Å²) >= 11 is 18.8. The van der Waals surface area contributed by atoms with E-state index in [1.165, 1.54) is 11.8 Å². The molecule has 2 amide bonds. The summed E-state index contributed by atoms with van der Waals surface area (Å²) in [5.41, 5.74) is 0.333. The van der Waals surface area contributed by atoms with Gasteiger partial charge in [0.1, 0.15) is 10.4 Å². The van der Waals surface area contributed by atoms with Gasteiger partial charge in [-0.2, -0.15) is 0 Å². The van der Waals surface area contributed by atoms with Crippen molar-refractivity contribution in [3.8, 4) is 0 Å². The van der Waals surface area contributed by atoms with Crippen molar-refractivity contribution in [1.29, 1.82) is 0 Å². The Labute approximate surface area is 141 Å². The van der Waals surface area contributed by atoms with Gasteiger partial charge in [-0.15, -0.1) is 0 Å². The highest BCUT2D eigenvalue weighted by atomic mass is 35.5. The third-order valence-electron chi connectivity index (χ3n) is 3.46. The van der Waals surface area contributed by atoms with E-state index in [1.807, 2.05) is 4.90 Å². The van der Waals surface area contributed by atoms with Crippen LogP contribution in [-0.2, 0) is 9.59 Å². The molecule has 2 saturated heterocycles. The Morgan fingerprint density at radius 2 is 2.05 bits per heavy atom. The molecular weight excluding hydrogens is 351 g/mol. The number of hydrogen-bond donors (Lipinski definition) is 0. The molecule has 8 heteroatoms. The molecule has 0 aromatic heterocycles. The second kappa shape index (κ2) is 5.76. The van der Waals surface area contributed by atoms with E-state index in [9.17, 15) is 9.59 Å². The van der Waals surface area contributed by atoms with Crippen LogP contribution >= 0.6 is 47.2 Å². The molecule has 0 saturated carbocycles. The molecule has 1 aromatic carbocycles. The molecule has 2 heterocycles. The van der Waals surface area contributed by atoms with Crippen molar-refractivity contribution < 1.29 is 9.59 Å². The topological polar surface area (TPSA) is 40.6 Å². The lowest BCUT2D eigenvalue weighted by molar-refractivity contribution is -0.122. The first kappa shape index (κ1) is 15.1. The summed E-state index contributed by atoms with van der Waals surface area (Å²) in [5.74, 6) is 0.261. The van der Waals surface area contributed by atoms with Crippen LogP contribution in [-0.4, -0.2) is 39.4 Å². The molecule has 1 aromatic rings. The third kappa shape index (κ3) is 2.54. The molecule has 0 spiro atoms. The predicted molar refractivity (Wildman–Crippen MR) is 89.1 cm³/mol. The minimum atomic E-state index is -0.532. The van der Waals surface area contributed by atoms with Crippen LogP contribution in [0.5, 0.6) is 0 Å². The second-order valence-electron chi connectivity index (χ2n) is 4.67. The number of benzene rings is 1. The fourth-order valence-electron chi connectivity index (χ4n) is 2.47. The maximum atomic E-state index is 12.6. The van der Waals surface area contributed by atoms with Gasteiger partial charge in [0, 0.05) is 12.3 Å². The highest BCUT2D eigenvalue weighted by Gasteiger charge is 2.45. The average Bonchev–Trinajstić information content (AvgIpc) is 2.98. The molecular formula is C13H10Cl2N2O2S2. The van der Waals surface area contributed by atoms with Gasteiger partial charge in [-0.05, 0) is 12.1 Å². The molecule has 0 bridgehead atoms. The molecule has 110 valence electrons. The van der Waals surface area contributed by atoms with Gasteiger partial charge in [-0.3, -0.25) is 9.59 Å². The SMILES string of the molecule is O=C1C[C@H](N2CCSC2=S)C(=O)N1c1cccc(Cl)c1Cl. The maximum Gasteiger partial charge on any atom is 0.257 e. The lowest BCUT2D eigenvalue weighted by Gasteiger charge is -2.23. The Morgan fingerprint density at radius 3 is 2.71 bits per heavy atom. The summed E-state index contributed by atoms with van der Waals surface area (Å²) in [4.78, 5) is 27.8. The molecule has 2 aliphatic heterocycles. The Kier molecular flexibility index (Phi) is 4.14. The molecule has 2 aliphatic rings. The molecule has 4 nitrogen and oxygen atoms in total. The third-order valence-corrected chi connectivity index (χ3v) is 5.73. The van der Waals surface area contributed by atoms with Crippen molar-refractivity contribution in [2.75, 3.05) is 17.2 Å². The van der Waals surface area contributed by atoms with Gasteiger partial charge < -0.3 is 4.90 Å². The van der Waals surface area contributed by atoms with Crippen molar-refractivity contribution in [2.24, 2.45) is 0 Å². The van der Waals surface area contributed by atoms with E-state index in [-0.39, 0.29) is 23.3 Å². The second-order valence-corrected chi connectivity index (χ2v) is 7.18. The van der Waals surface area contributed by atoms with Crippen molar-refractivity contribution in [2.45, 2.75) is 12.5 Å². The van der Waals surface area contributed by atoms with Gasteiger partial charge in [0.15, 0.2) is 0 Å². The summed E-state index contributed by atoms with van der Waals surface area (Å²) in [6.07, 6.45) is 0.113. The first-order valence-corrected chi connectivity index (χ1v) is 8.40. The normalized spacial score (nSPS) is 22.6. The fraction of sp³-hybridized carbons (Fsp3) is 0.308. The zero-order valence-electron chi connectivity index (χ0n) is 10.7. The van der Waals surface area contributed by atoms with E-state index in [1.54, 1.807) is 18.2 Å². The minimum Gasteiger partial charge on any atom is -0.344 e. The first-order chi connectivity index (χ1) is 10.0. The van der Waals surface area contributed by atoms with Crippen LogP contribution in [0.4, 0.5) is 5.69 Å². The number of amides is 2. The van der Waals surface area contributed by atoms with Crippen LogP contribution in [0.2, 0.25) is 10.0 Å². The molecule has 21 heavy (non-hydrogen) atoms.